The molecule has 2 rings (SSSR count). The third kappa shape index (κ3) is 7.03. The number of rotatable bonds is 10. The van der Waals surface area contributed by atoms with Crippen molar-refractivity contribution >= 4 is 18.0 Å². The van der Waals surface area contributed by atoms with Crippen LogP contribution in [-0.2, 0) is 29.4 Å². The Morgan fingerprint density at radius 1 is 0.892 bits per heavy atom. The molecule has 0 saturated carbocycles. The van der Waals surface area contributed by atoms with Crippen molar-refractivity contribution < 1.29 is 46.4 Å². The van der Waals surface area contributed by atoms with Crippen molar-refractivity contribution in [2.24, 2.45) is 5.41 Å². The zero-order valence-corrected chi connectivity index (χ0v) is 21.5. The summed E-state index contributed by atoms with van der Waals surface area (Å²) < 4.78 is 68.6. The fourth-order valence-electron chi connectivity index (χ4n) is 3.29. The Hall–Kier alpha value is -3.53. The molecule has 0 aliphatic heterocycles. The van der Waals surface area contributed by atoms with Gasteiger partial charge in [0.05, 0.1) is 19.6 Å². The van der Waals surface area contributed by atoms with E-state index >= 15 is 0 Å². The molecule has 2 atom stereocenters. The summed E-state index contributed by atoms with van der Waals surface area (Å²) in [4.78, 5) is 25.4. The maximum Gasteiger partial charge on any atom is 0.432 e. The van der Waals surface area contributed by atoms with E-state index in [0.717, 1.165) is 19.2 Å². The van der Waals surface area contributed by atoms with Crippen LogP contribution >= 0.6 is 0 Å². The van der Waals surface area contributed by atoms with Crippen LogP contribution in [0.1, 0.15) is 31.9 Å². The van der Waals surface area contributed by atoms with Crippen LogP contribution in [0.5, 0.6) is 11.5 Å². The van der Waals surface area contributed by atoms with Gasteiger partial charge in [-0.05, 0) is 44.5 Å². The Bertz CT molecular complexity index is 1090. The molecule has 2 aromatic rings. The number of hydrogen-bond acceptors (Lipinski definition) is 7. The number of hydrogen-bond donors (Lipinski definition) is 0. The summed E-state index contributed by atoms with van der Waals surface area (Å²) in [5, 5.41) is 0. The largest absolute Gasteiger partial charge is 0.493 e. The summed E-state index contributed by atoms with van der Waals surface area (Å²) in [6.45, 7) is 4.33. The van der Waals surface area contributed by atoms with Gasteiger partial charge < -0.3 is 23.7 Å². The normalized spacial score (nSPS) is 14.5. The van der Waals surface area contributed by atoms with Crippen LogP contribution in [-0.4, -0.2) is 52.2 Å². The van der Waals surface area contributed by atoms with Crippen LogP contribution in [0.4, 0.5) is 13.2 Å². The van der Waals surface area contributed by atoms with E-state index < -0.39 is 47.4 Å². The first-order valence-electron chi connectivity index (χ1n) is 11.3. The first-order chi connectivity index (χ1) is 17.3. The number of halogens is 3. The minimum absolute atomic E-state index is 0.414. The molecule has 0 heterocycles. The number of ether oxygens (including phenoxy) is 5. The van der Waals surface area contributed by atoms with E-state index in [1.54, 1.807) is 39.0 Å². The molecule has 0 bridgehead atoms. The summed E-state index contributed by atoms with van der Waals surface area (Å²) in [6, 6.07) is 11.4. The molecule has 0 aromatic heterocycles. The van der Waals surface area contributed by atoms with Gasteiger partial charge in [-0.2, -0.15) is 13.2 Å². The van der Waals surface area contributed by atoms with Crippen LogP contribution < -0.4 is 9.47 Å². The summed E-state index contributed by atoms with van der Waals surface area (Å²) >= 11 is 0. The highest BCUT2D eigenvalue weighted by atomic mass is 19.4. The van der Waals surface area contributed by atoms with Crippen LogP contribution in [0.3, 0.4) is 0 Å². The molecule has 7 nitrogen and oxygen atoms in total. The topological polar surface area (TPSA) is 80.3 Å². The number of carbonyl (C=O) groups excluding carboxylic acids is 2. The predicted octanol–water partition coefficient (Wildman–Crippen LogP) is 5.32. The number of esters is 2. The molecule has 0 saturated heterocycles. The molecule has 1 unspecified atom stereocenters. The highest BCUT2D eigenvalue weighted by Gasteiger charge is 2.64. The lowest BCUT2D eigenvalue weighted by atomic mass is 9.92. The third-order valence-electron chi connectivity index (χ3n) is 5.33. The van der Waals surface area contributed by atoms with Gasteiger partial charge in [-0.15, -0.1) is 0 Å². The summed E-state index contributed by atoms with van der Waals surface area (Å²) in [6.07, 6.45) is -3.71. The van der Waals surface area contributed by atoms with Crippen LogP contribution in [0.2, 0.25) is 0 Å². The lowest BCUT2D eigenvalue weighted by molar-refractivity contribution is -0.278. The molecule has 37 heavy (non-hydrogen) atoms. The monoisotopic (exact) mass is 524 g/mol. The highest BCUT2D eigenvalue weighted by molar-refractivity contribution is 5.83. The van der Waals surface area contributed by atoms with Crippen molar-refractivity contribution in [2.75, 3.05) is 27.9 Å². The summed E-state index contributed by atoms with van der Waals surface area (Å²) in [7, 11) is 3.70. The fourth-order valence-corrected chi connectivity index (χ4v) is 3.29. The molecule has 0 fully saturated rings. The van der Waals surface area contributed by atoms with E-state index in [4.69, 9.17) is 23.7 Å². The van der Waals surface area contributed by atoms with Gasteiger partial charge in [-0.25, -0.2) is 4.79 Å². The van der Waals surface area contributed by atoms with E-state index in [-0.39, 0.29) is 0 Å². The highest BCUT2D eigenvalue weighted by Crippen LogP contribution is 2.43. The fraction of sp³-hybridized carbons (Fsp3) is 0.407. The Morgan fingerprint density at radius 2 is 1.51 bits per heavy atom. The maximum atomic E-state index is 14.3. The lowest BCUT2D eigenvalue weighted by Gasteiger charge is -2.33. The smallest absolute Gasteiger partial charge is 0.432 e. The summed E-state index contributed by atoms with van der Waals surface area (Å²) in [5.41, 5.74) is -4.16. The SMILES string of the molecule is COc1ccc(/C=C/C(COC(=O)C(C)(C)C)OC(=O)[C@@](OC)(c2ccccc2)C(F)(F)F)cc1OC. The van der Waals surface area contributed by atoms with Gasteiger partial charge in [0.2, 0.25) is 0 Å². The Labute approximate surface area is 214 Å². The molecule has 10 heteroatoms. The zero-order chi connectivity index (χ0) is 27.9. The number of benzene rings is 2. The minimum Gasteiger partial charge on any atom is -0.493 e. The molecule has 0 N–H and O–H groups in total. The molecular formula is C27H31F3O7. The first kappa shape index (κ1) is 29.7. The van der Waals surface area contributed by atoms with Crippen molar-refractivity contribution in [2.45, 2.75) is 38.7 Å². The number of carbonyl (C=O) groups is 2. The van der Waals surface area contributed by atoms with Gasteiger partial charge >= 0.3 is 18.1 Å². The van der Waals surface area contributed by atoms with Gasteiger partial charge in [0.25, 0.3) is 5.60 Å². The number of alkyl halides is 3. The molecule has 0 amide bonds. The van der Waals surface area contributed by atoms with E-state index in [9.17, 15) is 22.8 Å². The van der Waals surface area contributed by atoms with Crippen molar-refractivity contribution in [1.82, 2.24) is 0 Å². The standard InChI is InChI=1S/C27H31F3O7/c1-25(2,3)23(31)36-17-20(14-12-18-13-15-21(33-4)22(16-18)34-5)37-24(32)26(35-6,27(28,29)30)19-10-8-7-9-11-19/h7-16,20H,17H2,1-6H3/b14-12+/t20?,26-/m0/s1. The van der Waals surface area contributed by atoms with E-state index in [1.807, 2.05) is 0 Å². The Kier molecular flexibility index (Phi) is 9.74. The van der Waals surface area contributed by atoms with Gasteiger partial charge in [-0.1, -0.05) is 42.5 Å². The van der Waals surface area contributed by atoms with Gasteiger partial charge in [0.15, 0.2) is 17.6 Å². The predicted molar refractivity (Wildman–Crippen MR) is 130 cm³/mol. The zero-order valence-electron chi connectivity index (χ0n) is 21.5. The van der Waals surface area contributed by atoms with Crippen molar-refractivity contribution in [3.63, 3.8) is 0 Å². The van der Waals surface area contributed by atoms with Crippen molar-refractivity contribution in [1.29, 1.82) is 0 Å². The van der Waals surface area contributed by atoms with Crippen LogP contribution in [0.25, 0.3) is 6.08 Å². The second-order valence-electron chi connectivity index (χ2n) is 9.01. The van der Waals surface area contributed by atoms with Crippen LogP contribution in [0, 0.1) is 5.41 Å². The Morgan fingerprint density at radius 3 is 2.03 bits per heavy atom. The van der Waals surface area contributed by atoms with E-state index in [0.29, 0.717) is 17.1 Å². The molecule has 0 aliphatic rings. The number of methoxy groups -OCH3 is 3. The molecule has 202 valence electrons. The van der Waals surface area contributed by atoms with E-state index in [1.165, 1.54) is 44.6 Å². The average molecular weight is 525 g/mol. The molecule has 2 aromatic carbocycles. The van der Waals surface area contributed by atoms with Gasteiger partial charge in [0, 0.05) is 12.7 Å². The molecular weight excluding hydrogens is 493 g/mol. The third-order valence-corrected chi connectivity index (χ3v) is 5.33. The maximum absolute atomic E-state index is 14.3. The molecule has 0 spiro atoms. The summed E-state index contributed by atoms with van der Waals surface area (Å²) in [5.74, 6) is -1.44. The average Bonchev–Trinajstić information content (AvgIpc) is 2.85. The van der Waals surface area contributed by atoms with Crippen molar-refractivity contribution in [3.8, 4) is 11.5 Å². The second kappa shape index (κ2) is 12.1. The molecule has 0 aliphatic carbocycles. The minimum atomic E-state index is -5.15. The quantitative estimate of drug-likeness (QED) is 0.389. The van der Waals surface area contributed by atoms with Crippen LogP contribution in [0.15, 0.2) is 54.6 Å². The second-order valence-corrected chi connectivity index (χ2v) is 9.01. The molecule has 0 radical (unpaired) electrons. The first-order valence-corrected chi connectivity index (χ1v) is 11.3. The van der Waals surface area contributed by atoms with Crippen molar-refractivity contribution in [3.05, 3.63) is 65.7 Å². The van der Waals surface area contributed by atoms with Gasteiger partial charge in [-0.3, -0.25) is 4.79 Å². The lowest BCUT2D eigenvalue weighted by Crippen LogP contribution is -2.52. The van der Waals surface area contributed by atoms with Gasteiger partial charge in [0.1, 0.15) is 6.61 Å². The van der Waals surface area contributed by atoms with E-state index in [2.05, 4.69) is 0 Å². The Balaban J connectivity index is 2.44.